The molecule has 0 spiro atoms. The molecule has 2 saturated heterocycles. The van der Waals surface area contributed by atoms with Crippen LogP contribution in [0.5, 0.6) is 0 Å². The van der Waals surface area contributed by atoms with E-state index in [0.29, 0.717) is 17.5 Å². The second-order valence-electron chi connectivity index (χ2n) is 8.96. The Balaban J connectivity index is 1.46. The first-order chi connectivity index (χ1) is 17.4. The van der Waals surface area contributed by atoms with Crippen molar-refractivity contribution in [3.63, 3.8) is 0 Å². The average molecular weight is 501 g/mol. The number of hydrogen-bond donors (Lipinski definition) is 1. The van der Waals surface area contributed by atoms with Crippen LogP contribution in [0.3, 0.4) is 0 Å². The van der Waals surface area contributed by atoms with Crippen LogP contribution in [0.4, 0.5) is 0 Å². The van der Waals surface area contributed by atoms with Crippen LogP contribution in [0.1, 0.15) is 47.4 Å². The van der Waals surface area contributed by atoms with Crippen molar-refractivity contribution in [3.05, 3.63) is 71.8 Å². The van der Waals surface area contributed by atoms with Gasteiger partial charge in [-0.3, -0.25) is 0 Å². The van der Waals surface area contributed by atoms with Crippen LogP contribution in [-0.4, -0.2) is 73.4 Å². The van der Waals surface area contributed by atoms with E-state index >= 15 is 0 Å². The molecule has 1 N–H and O–H groups in total. The molecule has 2 aliphatic rings. The third-order valence-electron chi connectivity index (χ3n) is 6.38. The Morgan fingerprint density at radius 1 is 0.778 bits per heavy atom. The molecule has 0 amide bonds. The van der Waals surface area contributed by atoms with E-state index in [1.54, 1.807) is 68.4 Å². The normalized spacial score (nSPS) is 32.4. The summed E-state index contributed by atoms with van der Waals surface area (Å²) in [5.74, 6) is -1.04. The van der Waals surface area contributed by atoms with Crippen molar-refractivity contribution >= 4 is 11.9 Å². The lowest BCUT2D eigenvalue weighted by Gasteiger charge is -2.43. The van der Waals surface area contributed by atoms with E-state index in [1.165, 1.54) is 7.11 Å². The average Bonchev–Trinajstić information content (AvgIpc) is 2.89. The Kier molecular flexibility index (Phi) is 8.71. The SMILES string of the molecule is CO[C@H]1C[C@@H](O[C@H]2C[C@H](OC(=O)c3ccccc3)[C@@H](O)[C@@H](C)O2)[C@H](OC(=O)c2ccccc2)[C@@H](C)O1. The zero-order chi connectivity index (χ0) is 25.7. The summed E-state index contributed by atoms with van der Waals surface area (Å²) in [5.41, 5.74) is 0.797. The highest BCUT2D eigenvalue weighted by atomic mass is 16.7. The molecular formula is C27H32O9. The number of carbonyl (C=O) groups excluding carboxylic acids is 2. The first-order valence-electron chi connectivity index (χ1n) is 12.0. The van der Waals surface area contributed by atoms with Gasteiger partial charge in [-0.2, -0.15) is 0 Å². The molecule has 2 aromatic rings. The van der Waals surface area contributed by atoms with Crippen LogP contribution in [0.2, 0.25) is 0 Å². The molecule has 194 valence electrons. The number of rotatable bonds is 7. The molecule has 0 bridgehead atoms. The van der Waals surface area contributed by atoms with Gasteiger partial charge in [0.2, 0.25) is 0 Å². The van der Waals surface area contributed by atoms with Crippen LogP contribution >= 0.6 is 0 Å². The minimum atomic E-state index is -1.02. The van der Waals surface area contributed by atoms with Crippen molar-refractivity contribution in [2.24, 2.45) is 0 Å². The quantitative estimate of drug-likeness (QED) is 0.574. The highest BCUT2D eigenvalue weighted by molar-refractivity contribution is 5.89. The molecule has 2 aromatic carbocycles. The summed E-state index contributed by atoms with van der Waals surface area (Å²) in [6.07, 6.45) is -5.37. The Bertz CT molecular complexity index is 999. The van der Waals surface area contributed by atoms with Crippen LogP contribution < -0.4 is 0 Å². The van der Waals surface area contributed by atoms with E-state index in [2.05, 4.69) is 0 Å². The minimum Gasteiger partial charge on any atom is -0.456 e. The summed E-state index contributed by atoms with van der Waals surface area (Å²) < 4.78 is 34.8. The Hall–Kier alpha value is -2.82. The molecular weight excluding hydrogens is 468 g/mol. The molecule has 0 saturated carbocycles. The van der Waals surface area contributed by atoms with Crippen molar-refractivity contribution in [2.75, 3.05) is 7.11 Å². The molecule has 36 heavy (non-hydrogen) atoms. The van der Waals surface area contributed by atoms with Crippen molar-refractivity contribution < 1.29 is 43.1 Å². The maximum atomic E-state index is 12.8. The predicted octanol–water partition coefficient (Wildman–Crippen LogP) is 3.10. The maximum Gasteiger partial charge on any atom is 0.338 e. The zero-order valence-corrected chi connectivity index (χ0v) is 20.5. The molecule has 8 atom stereocenters. The number of esters is 2. The van der Waals surface area contributed by atoms with Gasteiger partial charge in [0.1, 0.15) is 18.3 Å². The fourth-order valence-electron chi connectivity index (χ4n) is 4.41. The summed E-state index contributed by atoms with van der Waals surface area (Å²) in [6, 6.07) is 17.2. The number of aliphatic hydroxyl groups excluding tert-OH is 1. The molecule has 2 fully saturated rings. The molecule has 4 rings (SSSR count). The van der Waals surface area contributed by atoms with Gasteiger partial charge in [-0.1, -0.05) is 36.4 Å². The highest BCUT2D eigenvalue weighted by Gasteiger charge is 2.45. The molecule has 0 radical (unpaired) electrons. The van der Waals surface area contributed by atoms with Gasteiger partial charge >= 0.3 is 11.9 Å². The van der Waals surface area contributed by atoms with Gasteiger partial charge in [0.25, 0.3) is 0 Å². The summed E-state index contributed by atoms with van der Waals surface area (Å²) in [4.78, 5) is 25.4. The minimum absolute atomic E-state index is 0.104. The number of hydrogen-bond acceptors (Lipinski definition) is 9. The lowest BCUT2D eigenvalue weighted by molar-refractivity contribution is -0.302. The molecule has 2 aliphatic heterocycles. The summed E-state index contributed by atoms with van der Waals surface area (Å²) in [7, 11) is 1.53. The van der Waals surface area contributed by atoms with E-state index in [1.807, 2.05) is 6.07 Å². The first-order valence-corrected chi connectivity index (χ1v) is 12.0. The standard InChI is InChI=1S/C27H32O9/c1-16-24(28)20(35-26(29)18-10-6-4-7-11-18)14-23(32-16)34-21-15-22(31-3)33-17(2)25(21)36-27(30)19-12-8-5-9-13-19/h4-13,16-17,20-25,28H,14-15H2,1-3H3/t16-,17-,20+,21-,22-,23+,24+,25-/m1/s1. The molecule has 0 aliphatic carbocycles. The van der Waals surface area contributed by atoms with Crippen molar-refractivity contribution in [1.29, 1.82) is 0 Å². The second-order valence-corrected chi connectivity index (χ2v) is 8.96. The summed E-state index contributed by atoms with van der Waals surface area (Å²) in [6.45, 7) is 3.46. The van der Waals surface area contributed by atoms with Crippen LogP contribution in [-0.2, 0) is 28.4 Å². The van der Waals surface area contributed by atoms with Crippen LogP contribution in [0.15, 0.2) is 60.7 Å². The predicted molar refractivity (Wildman–Crippen MR) is 127 cm³/mol. The Labute approximate surface area is 210 Å². The number of carbonyl (C=O) groups is 2. The smallest absolute Gasteiger partial charge is 0.338 e. The van der Waals surface area contributed by atoms with Crippen LogP contribution in [0, 0.1) is 0 Å². The van der Waals surface area contributed by atoms with Gasteiger partial charge in [-0.05, 0) is 38.1 Å². The van der Waals surface area contributed by atoms with Crippen molar-refractivity contribution in [1.82, 2.24) is 0 Å². The largest absolute Gasteiger partial charge is 0.456 e. The summed E-state index contributed by atoms with van der Waals surface area (Å²) >= 11 is 0. The third kappa shape index (κ3) is 6.29. The molecule has 2 heterocycles. The van der Waals surface area contributed by atoms with Gasteiger partial charge in [0, 0.05) is 20.0 Å². The Morgan fingerprint density at radius 2 is 1.31 bits per heavy atom. The fourth-order valence-corrected chi connectivity index (χ4v) is 4.41. The number of benzene rings is 2. The summed E-state index contributed by atoms with van der Waals surface area (Å²) in [5, 5.41) is 10.6. The number of methoxy groups -OCH3 is 1. The second kappa shape index (κ2) is 11.9. The lowest BCUT2D eigenvalue weighted by atomic mass is 10.00. The third-order valence-corrected chi connectivity index (χ3v) is 6.38. The van der Waals surface area contributed by atoms with E-state index in [9.17, 15) is 14.7 Å². The lowest BCUT2D eigenvalue weighted by Crippen LogP contribution is -2.55. The zero-order valence-electron chi connectivity index (χ0n) is 20.5. The van der Waals surface area contributed by atoms with Gasteiger partial charge < -0.3 is 33.5 Å². The Morgan fingerprint density at radius 3 is 1.89 bits per heavy atom. The number of aliphatic hydroxyl groups is 1. The van der Waals surface area contributed by atoms with E-state index in [4.69, 9.17) is 28.4 Å². The van der Waals surface area contributed by atoms with E-state index in [-0.39, 0.29) is 6.42 Å². The van der Waals surface area contributed by atoms with Gasteiger partial charge in [0.05, 0.1) is 23.3 Å². The van der Waals surface area contributed by atoms with Crippen molar-refractivity contribution in [2.45, 2.75) is 75.9 Å². The van der Waals surface area contributed by atoms with Gasteiger partial charge in [0.15, 0.2) is 18.7 Å². The first kappa shape index (κ1) is 26.2. The monoisotopic (exact) mass is 500 g/mol. The van der Waals surface area contributed by atoms with Crippen LogP contribution in [0.25, 0.3) is 0 Å². The highest BCUT2D eigenvalue weighted by Crippen LogP contribution is 2.31. The molecule has 0 unspecified atom stereocenters. The molecule has 0 aromatic heterocycles. The van der Waals surface area contributed by atoms with E-state index in [0.717, 1.165) is 0 Å². The molecule has 9 heteroatoms. The number of ether oxygens (including phenoxy) is 6. The van der Waals surface area contributed by atoms with Crippen molar-refractivity contribution in [3.8, 4) is 0 Å². The fraction of sp³-hybridized carbons (Fsp3) is 0.481. The van der Waals surface area contributed by atoms with Gasteiger partial charge in [-0.25, -0.2) is 9.59 Å². The topological polar surface area (TPSA) is 110 Å². The maximum absolute atomic E-state index is 12.8. The van der Waals surface area contributed by atoms with Gasteiger partial charge in [-0.15, -0.1) is 0 Å². The molecule has 9 nitrogen and oxygen atoms in total. The van der Waals surface area contributed by atoms with E-state index < -0.39 is 61.1 Å².